The standard InChI is InChI=1S/C16H19N3O/c1-11-5-3-9-17-14(11)15(12-7-8-12)18-16(20)13-6-4-10-19(13)2/h3-6,9-10,12,15H,7-8H2,1-2H3,(H,18,20)/t15-/m0/s1. The van der Waals surface area contributed by atoms with Gasteiger partial charge >= 0.3 is 0 Å². The molecule has 4 heteroatoms. The first-order chi connectivity index (χ1) is 9.66. The van der Waals surface area contributed by atoms with Crippen LogP contribution in [0.25, 0.3) is 0 Å². The molecule has 0 unspecified atom stereocenters. The van der Waals surface area contributed by atoms with Gasteiger partial charge < -0.3 is 9.88 Å². The van der Waals surface area contributed by atoms with E-state index in [1.54, 1.807) is 6.20 Å². The van der Waals surface area contributed by atoms with Gasteiger partial charge in [0.05, 0.1) is 11.7 Å². The average Bonchev–Trinajstić information content (AvgIpc) is 3.18. The fourth-order valence-corrected chi connectivity index (χ4v) is 2.57. The van der Waals surface area contributed by atoms with Crippen LogP contribution >= 0.6 is 0 Å². The molecule has 0 radical (unpaired) electrons. The minimum atomic E-state index is -0.0283. The molecule has 1 amide bonds. The Kier molecular flexibility index (Phi) is 3.30. The maximum absolute atomic E-state index is 12.4. The van der Waals surface area contributed by atoms with Crippen LogP contribution in [0.4, 0.5) is 0 Å². The summed E-state index contributed by atoms with van der Waals surface area (Å²) in [6.07, 6.45) is 6.00. The van der Waals surface area contributed by atoms with Gasteiger partial charge in [-0.25, -0.2) is 0 Å². The zero-order valence-corrected chi connectivity index (χ0v) is 11.8. The van der Waals surface area contributed by atoms with Crippen molar-refractivity contribution >= 4 is 5.91 Å². The summed E-state index contributed by atoms with van der Waals surface area (Å²) in [4.78, 5) is 16.9. The number of nitrogens with zero attached hydrogens (tertiary/aromatic N) is 2. The van der Waals surface area contributed by atoms with Gasteiger partial charge in [0.2, 0.25) is 0 Å². The maximum atomic E-state index is 12.4. The molecule has 2 aromatic heterocycles. The molecule has 0 aliphatic heterocycles. The third kappa shape index (κ3) is 2.46. The lowest BCUT2D eigenvalue weighted by Crippen LogP contribution is -2.32. The molecule has 0 spiro atoms. The smallest absolute Gasteiger partial charge is 0.268 e. The van der Waals surface area contributed by atoms with E-state index in [9.17, 15) is 4.79 Å². The zero-order chi connectivity index (χ0) is 14.1. The normalized spacial score (nSPS) is 15.9. The zero-order valence-electron chi connectivity index (χ0n) is 11.8. The summed E-state index contributed by atoms with van der Waals surface area (Å²) in [5, 5.41) is 3.16. The van der Waals surface area contributed by atoms with Crippen molar-refractivity contribution in [2.45, 2.75) is 25.8 Å². The molecule has 0 aromatic carbocycles. The molecule has 1 aliphatic rings. The van der Waals surface area contributed by atoms with E-state index in [4.69, 9.17) is 0 Å². The van der Waals surface area contributed by atoms with Crippen LogP contribution in [0.2, 0.25) is 0 Å². The van der Waals surface area contributed by atoms with E-state index in [-0.39, 0.29) is 11.9 Å². The second kappa shape index (κ2) is 5.12. The van der Waals surface area contributed by atoms with Gasteiger partial charge in [0.1, 0.15) is 5.69 Å². The Balaban J connectivity index is 1.84. The highest BCUT2D eigenvalue weighted by atomic mass is 16.2. The van der Waals surface area contributed by atoms with Gasteiger partial charge in [-0.15, -0.1) is 0 Å². The van der Waals surface area contributed by atoms with Crippen LogP contribution in [-0.4, -0.2) is 15.5 Å². The van der Waals surface area contributed by atoms with E-state index in [1.165, 1.54) is 0 Å². The number of carbonyl (C=O) groups excluding carboxylic acids is 1. The Morgan fingerprint density at radius 2 is 2.20 bits per heavy atom. The number of rotatable bonds is 4. The lowest BCUT2D eigenvalue weighted by atomic mass is 10.0. The van der Waals surface area contributed by atoms with Crippen LogP contribution in [0.1, 0.15) is 40.6 Å². The minimum Gasteiger partial charge on any atom is -0.347 e. The number of aromatic nitrogens is 2. The SMILES string of the molecule is Cc1cccnc1[C@@H](NC(=O)c1cccn1C)C1CC1. The van der Waals surface area contributed by atoms with E-state index < -0.39 is 0 Å². The van der Waals surface area contributed by atoms with Gasteiger partial charge in [0, 0.05) is 19.4 Å². The van der Waals surface area contributed by atoms with E-state index in [0.29, 0.717) is 11.6 Å². The lowest BCUT2D eigenvalue weighted by Gasteiger charge is -2.19. The Morgan fingerprint density at radius 1 is 1.40 bits per heavy atom. The lowest BCUT2D eigenvalue weighted by molar-refractivity contribution is 0.0922. The number of hydrogen-bond acceptors (Lipinski definition) is 2. The molecular formula is C16H19N3O. The minimum absolute atomic E-state index is 0.0265. The van der Waals surface area contributed by atoms with Crippen molar-refractivity contribution in [1.82, 2.24) is 14.9 Å². The van der Waals surface area contributed by atoms with Crippen molar-refractivity contribution in [2.75, 3.05) is 0 Å². The molecule has 1 saturated carbocycles. The second-order valence-electron chi connectivity index (χ2n) is 5.50. The fourth-order valence-electron chi connectivity index (χ4n) is 2.57. The molecule has 2 heterocycles. The Hall–Kier alpha value is -2.10. The number of amides is 1. The molecule has 1 aliphatic carbocycles. The van der Waals surface area contributed by atoms with Crippen LogP contribution in [0.3, 0.4) is 0 Å². The van der Waals surface area contributed by atoms with Crippen LogP contribution in [-0.2, 0) is 7.05 Å². The topological polar surface area (TPSA) is 46.9 Å². The summed E-state index contributed by atoms with van der Waals surface area (Å²) in [5.74, 6) is 0.493. The molecule has 0 bridgehead atoms. The Morgan fingerprint density at radius 3 is 2.80 bits per heavy atom. The average molecular weight is 269 g/mol. The van der Waals surface area contributed by atoms with Gasteiger partial charge in [-0.05, 0) is 49.4 Å². The summed E-state index contributed by atoms with van der Waals surface area (Å²) in [7, 11) is 1.88. The van der Waals surface area contributed by atoms with E-state index >= 15 is 0 Å². The van der Waals surface area contributed by atoms with Crippen LogP contribution < -0.4 is 5.32 Å². The molecular weight excluding hydrogens is 250 g/mol. The molecule has 0 saturated heterocycles. The molecule has 1 fully saturated rings. The number of aryl methyl sites for hydroxylation is 2. The fraction of sp³-hybridized carbons (Fsp3) is 0.375. The monoisotopic (exact) mass is 269 g/mol. The van der Waals surface area contributed by atoms with Gasteiger partial charge in [0.25, 0.3) is 5.91 Å². The molecule has 2 aromatic rings. The third-order valence-corrected chi connectivity index (χ3v) is 3.90. The van der Waals surface area contributed by atoms with Crippen molar-refractivity contribution in [3.05, 3.63) is 53.6 Å². The summed E-state index contributed by atoms with van der Waals surface area (Å²) >= 11 is 0. The quantitative estimate of drug-likeness (QED) is 0.927. The Labute approximate surface area is 118 Å². The molecule has 3 rings (SSSR count). The predicted octanol–water partition coefficient (Wildman–Crippen LogP) is 2.61. The summed E-state index contributed by atoms with van der Waals surface area (Å²) in [6, 6.07) is 7.73. The summed E-state index contributed by atoms with van der Waals surface area (Å²) in [5.41, 5.74) is 2.82. The predicted molar refractivity (Wildman–Crippen MR) is 77.3 cm³/mol. The van der Waals surface area contributed by atoms with Crippen molar-refractivity contribution in [3.63, 3.8) is 0 Å². The number of pyridine rings is 1. The van der Waals surface area contributed by atoms with Crippen molar-refractivity contribution in [1.29, 1.82) is 0 Å². The molecule has 104 valence electrons. The highest BCUT2D eigenvalue weighted by Crippen LogP contribution is 2.41. The van der Waals surface area contributed by atoms with E-state index in [1.807, 2.05) is 49.0 Å². The van der Waals surface area contributed by atoms with Gasteiger partial charge in [-0.2, -0.15) is 0 Å². The van der Waals surface area contributed by atoms with Crippen molar-refractivity contribution < 1.29 is 4.79 Å². The first-order valence-corrected chi connectivity index (χ1v) is 7.00. The van der Waals surface area contributed by atoms with Crippen molar-refractivity contribution in [3.8, 4) is 0 Å². The third-order valence-electron chi connectivity index (χ3n) is 3.90. The highest BCUT2D eigenvalue weighted by Gasteiger charge is 2.35. The molecule has 20 heavy (non-hydrogen) atoms. The van der Waals surface area contributed by atoms with Crippen LogP contribution in [0.5, 0.6) is 0 Å². The van der Waals surface area contributed by atoms with E-state index in [0.717, 1.165) is 24.1 Å². The summed E-state index contributed by atoms with van der Waals surface area (Å²) < 4.78 is 1.84. The number of nitrogens with one attached hydrogen (secondary N) is 1. The van der Waals surface area contributed by atoms with Crippen LogP contribution in [0, 0.1) is 12.8 Å². The number of hydrogen-bond donors (Lipinski definition) is 1. The highest BCUT2D eigenvalue weighted by molar-refractivity contribution is 5.93. The Bertz CT molecular complexity index is 628. The molecule has 4 nitrogen and oxygen atoms in total. The van der Waals surface area contributed by atoms with Crippen LogP contribution in [0.15, 0.2) is 36.7 Å². The molecule has 1 atom stereocenters. The largest absolute Gasteiger partial charge is 0.347 e. The first-order valence-electron chi connectivity index (χ1n) is 7.00. The maximum Gasteiger partial charge on any atom is 0.268 e. The molecule has 1 N–H and O–H groups in total. The van der Waals surface area contributed by atoms with Gasteiger partial charge in [0.15, 0.2) is 0 Å². The van der Waals surface area contributed by atoms with Crippen molar-refractivity contribution in [2.24, 2.45) is 13.0 Å². The van der Waals surface area contributed by atoms with Gasteiger partial charge in [-0.1, -0.05) is 6.07 Å². The van der Waals surface area contributed by atoms with E-state index in [2.05, 4.69) is 10.3 Å². The van der Waals surface area contributed by atoms with Gasteiger partial charge in [-0.3, -0.25) is 9.78 Å². The second-order valence-corrected chi connectivity index (χ2v) is 5.50. The summed E-state index contributed by atoms with van der Waals surface area (Å²) in [6.45, 7) is 2.05. The number of carbonyl (C=O) groups is 1. The first kappa shape index (κ1) is 12.9.